The molecule has 0 saturated carbocycles. The lowest BCUT2D eigenvalue weighted by Crippen LogP contribution is -2.30. The van der Waals surface area contributed by atoms with Gasteiger partial charge in [0, 0.05) is 11.8 Å². The van der Waals surface area contributed by atoms with Crippen molar-refractivity contribution in [1.29, 1.82) is 0 Å². The molecule has 0 amide bonds. The van der Waals surface area contributed by atoms with Crippen LogP contribution < -0.4 is 10.3 Å². The Morgan fingerprint density at radius 1 is 1.20 bits per heavy atom. The normalized spacial score (nSPS) is 12.3. The fourth-order valence-corrected chi connectivity index (χ4v) is 3.29. The number of para-hydroxylation sites is 1. The number of rotatable bonds is 8. The van der Waals surface area contributed by atoms with Gasteiger partial charge in [-0.15, -0.1) is 0 Å². The number of furan rings is 1. The van der Waals surface area contributed by atoms with Crippen LogP contribution in [0.3, 0.4) is 0 Å². The molecule has 0 spiro atoms. The summed E-state index contributed by atoms with van der Waals surface area (Å²) in [5.74, 6) is 0.767. The molecular weight excluding hydrogens is 384 g/mol. The van der Waals surface area contributed by atoms with Crippen LogP contribution in [0.15, 0.2) is 64.1 Å². The Morgan fingerprint density at radius 2 is 1.97 bits per heavy atom. The van der Waals surface area contributed by atoms with E-state index in [0.717, 1.165) is 10.9 Å². The van der Waals surface area contributed by atoms with Gasteiger partial charge in [-0.25, -0.2) is 4.98 Å². The largest absolute Gasteiger partial charge is 0.491 e. The Kier molecular flexibility index (Phi) is 5.63. The van der Waals surface area contributed by atoms with E-state index in [2.05, 4.69) is 4.98 Å². The summed E-state index contributed by atoms with van der Waals surface area (Å²) in [6, 6.07) is 14.7. The fourth-order valence-electron chi connectivity index (χ4n) is 3.29. The molecule has 0 radical (unpaired) electrons. The molecule has 4 aromatic rings. The van der Waals surface area contributed by atoms with E-state index < -0.39 is 6.10 Å². The van der Waals surface area contributed by atoms with Crippen molar-refractivity contribution in [2.24, 2.45) is 0 Å². The standard InChI is InChI=1S/C23H22N2O5/c1-15(26)6-7-16-8-10-18(11-9-16)29-13-17(27)12-25-14-24-21-19-4-2-3-5-20(19)30-22(21)23(25)28/h2-5,8-11,14,17,27H,6-7,12-13H2,1H3. The van der Waals surface area contributed by atoms with Crippen LogP contribution in [0.1, 0.15) is 18.9 Å². The third-order valence-corrected chi connectivity index (χ3v) is 4.89. The molecule has 4 rings (SSSR count). The number of aryl methyl sites for hydroxylation is 1. The summed E-state index contributed by atoms with van der Waals surface area (Å²) in [4.78, 5) is 28.1. The molecule has 1 unspecified atom stereocenters. The molecule has 2 heterocycles. The number of Topliss-reactive ketones (excluding diaryl/α,β-unsaturated/α-hetero) is 1. The quantitative estimate of drug-likeness (QED) is 0.483. The summed E-state index contributed by atoms with van der Waals surface area (Å²) < 4.78 is 12.6. The summed E-state index contributed by atoms with van der Waals surface area (Å²) in [6.45, 7) is 1.64. The molecule has 0 bridgehead atoms. The first-order chi connectivity index (χ1) is 14.5. The summed E-state index contributed by atoms with van der Waals surface area (Å²) in [5, 5.41) is 11.1. The van der Waals surface area contributed by atoms with Gasteiger partial charge in [0.15, 0.2) is 0 Å². The molecule has 0 aliphatic heterocycles. The highest BCUT2D eigenvalue weighted by Crippen LogP contribution is 2.24. The highest BCUT2D eigenvalue weighted by atomic mass is 16.5. The van der Waals surface area contributed by atoms with E-state index >= 15 is 0 Å². The van der Waals surface area contributed by atoms with Crippen LogP contribution in [0.25, 0.3) is 22.1 Å². The fraction of sp³-hybridized carbons (Fsp3) is 0.261. The average molecular weight is 406 g/mol. The predicted molar refractivity (Wildman–Crippen MR) is 113 cm³/mol. The lowest BCUT2D eigenvalue weighted by Gasteiger charge is -2.14. The lowest BCUT2D eigenvalue weighted by molar-refractivity contribution is -0.116. The monoisotopic (exact) mass is 406 g/mol. The van der Waals surface area contributed by atoms with Crippen LogP contribution in [-0.2, 0) is 17.8 Å². The Balaban J connectivity index is 1.40. The number of hydrogen-bond acceptors (Lipinski definition) is 6. The van der Waals surface area contributed by atoms with Crippen molar-refractivity contribution >= 4 is 27.9 Å². The molecule has 1 atom stereocenters. The zero-order valence-electron chi connectivity index (χ0n) is 16.6. The Morgan fingerprint density at radius 3 is 2.73 bits per heavy atom. The minimum absolute atomic E-state index is 0.0252. The number of hydrogen-bond donors (Lipinski definition) is 1. The molecule has 2 aromatic carbocycles. The highest BCUT2D eigenvalue weighted by molar-refractivity contribution is 6.01. The number of aliphatic hydroxyl groups excluding tert-OH is 1. The maximum Gasteiger partial charge on any atom is 0.297 e. The van der Waals surface area contributed by atoms with Crippen LogP contribution in [0, 0.1) is 0 Å². The summed E-state index contributed by atoms with van der Waals surface area (Å²) in [6.07, 6.45) is 1.72. The molecule has 154 valence electrons. The van der Waals surface area contributed by atoms with Crippen LogP contribution in [0.5, 0.6) is 5.75 Å². The van der Waals surface area contributed by atoms with E-state index in [1.54, 1.807) is 25.1 Å². The predicted octanol–water partition coefficient (Wildman–Crippen LogP) is 3.10. The molecule has 30 heavy (non-hydrogen) atoms. The van der Waals surface area contributed by atoms with Gasteiger partial charge in [0.05, 0.1) is 12.9 Å². The smallest absolute Gasteiger partial charge is 0.297 e. The molecule has 1 N–H and O–H groups in total. The van der Waals surface area contributed by atoms with Gasteiger partial charge in [-0.1, -0.05) is 24.3 Å². The van der Waals surface area contributed by atoms with E-state index in [-0.39, 0.29) is 30.1 Å². The minimum atomic E-state index is -0.899. The van der Waals surface area contributed by atoms with Crippen molar-refractivity contribution in [3.63, 3.8) is 0 Å². The molecule has 0 fully saturated rings. The number of ether oxygens (including phenoxy) is 1. The Labute approximate surface area is 172 Å². The number of aliphatic hydroxyl groups is 1. The van der Waals surface area contributed by atoms with Crippen LogP contribution >= 0.6 is 0 Å². The van der Waals surface area contributed by atoms with E-state index in [1.807, 2.05) is 30.3 Å². The summed E-state index contributed by atoms with van der Waals surface area (Å²) >= 11 is 0. The second-order valence-electron chi connectivity index (χ2n) is 7.29. The zero-order valence-corrected chi connectivity index (χ0v) is 16.6. The van der Waals surface area contributed by atoms with Crippen LogP contribution in [-0.4, -0.2) is 33.2 Å². The van der Waals surface area contributed by atoms with Gasteiger partial charge in [0.25, 0.3) is 5.56 Å². The van der Waals surface area contributed by atoms with Gasteiger partial charge < -0.3 is 19.1 Å². The van der Waals surface area contributed by atoms with Gasteiger partial charge in [0.1, 0.15) is 35.3 Å². The van der Waals surface area contributed by atoms with E-state index in [9.17, 15) is 14.7 Å². The SMILES string of the molecule is CC(=O)CCc1ccc(OCC(O)Cn2cnc3c(oc4ccccc43)c2=O)cc1. The summed E-state index contributed by atoms with van der Waals surface area (Å²) in [7, 11) is 0. The van der Waals surface area contributed by atoms with Crippen molar-refractivity contribution in [1.82, 2.24) is 9.55 Å². The summed E-state index contributed by atoms with van der Waals surface area (Å²) in [5.41, 5.74) is 2.00. The van der Waals surface area contributed by atoms with E-state index in [0.29, 0.717) is 29.7 Å². The number of ketones is 1. The maximum atomic E-state index is 12.7. The molecule has 0 aliphatic rings. The van der Waals surface area contributed by atoms with Crippen molar-refractivity contribution in [3.05, 3.63) is 70.8 Å². The third-order valence-electron chi connectivity index (χ3n) is 4.89. The van der Waals surface area contributed by atoms with Gasteiger partial charge >= 0.3 is 0 Å². The minimum Gasteiger partial charge on any atom is -0.491 e. The second kappa shape index (κ2) is 8.51. The average Bonchev–Trinajstić information content (AvgIpc) is 3.13. The first kappa shape index (κ1) is 19.8. The number of aromatic nitrogens is 2. The number of carbonyl (C=O) groups is 1. The molecular formula is C23H22N2O5. The second-order valence-corrected chi connectivity index (χ2v) is 7.29. The molecule has 7 heteroatoms. The molecule has 2 aromatic heterocycles. The van der Waals surface area contributed by atoms with Gasteiger partial charge in [-0.2, -0.15) is 0 Å². The van der Waals surface area contributed by atoms with Crippen molar-refractivity contribution in [2.75, 3.05) is 6.61 Å². The topological polar surface area (TPSA) is 94.6 Å². The van der Waals surface area contributed by atoms with Gasteiger partial charge in [-0.05, 0) is 43.2 Å². The van der Waals surface area contributed by atoms with Crippen molar-refractivity contribution < 1.29 is 19.1 Å². The number of nitrogens with zero attached hydrogens (tertiary/aromatic N) is 2. The van der Waals surface area contributed by atoms with E-state index in [1.165, 1.54) is 10.9 Å². The molecule has 7 nitrogen and oxygen atoms in total. The first-order valence-corrected chi connectivity index (χ1v) is 9.77. The number of fused-ring (bicyclic) bond motifs is 3. The Bertz CT molecular complexity index is 1240. The number of benzene rings is 2. The lowest BCUT2D eigenvalue weighted by atomic mass is 10.1. The third kappa shape index (κ3) is 4.26. The molecule has 0 aliphatic carbocycles. The zero-order chi connectivity index (χ0) is 21.1. The van der Waals surface area contributed by atoms with Gasteiger partial charge in [0.2, 0.25) is 5.58 Å². The maximum absolute atomic E-state index is 12.7. The van der Waals surface area contributed by atoms with Gasteiger partial charge in [-0.3, -0.25) is 9.36 Å². The van der Waals surface area contributed by atoms with E-state index in [4.69, 9.17) is 9.15 Å². The highest BCUT2D eigenvalue weighted by Gasteiger charge is 2.15. The first-order valence-electron chi connectivity index (χ1n) is 9.77. The number of carbonyl (C=O) groups excluding carboxylic acids is 1. The van der Waals surface area contributed by atoms with Crippen molar-refractivity contribution in [2.45, 2.75) is 32.4 Å². The molecule has 0 saturated heterocycles. The van der Waals surface area contributed by atoms with Crippen molar-refractivity contribution in [3.8, 4) is 5.75 Å². The van der Waals surface area contributed by atoms with Crippen LogP contribution in [0.2, 0.25) is 0 Å². The Hall–Kier alpha value is -3.45. The van der Waals surface area contributed by atoms with Crippen LogP contribution in [0.4, 0.5) is 0 Å².